The van der Waals surface area contributed by atoms with Crippen molar-refractivity contribution in [2.75, 3.05) is 13.1 Å². The van der Waals surface area contributed by atoms with Gasteiger partial charge in [-0.3, -0.25) is 14.9 Å². The lowest BCUT2D eigenvalue weighted by Gasteiger charge is -2.04. The van der Waals surface area contributed by atoms with Crippen LogP contribution in [0.15, 0.2) is 24.3 Å². The highest BCUT2D eigenvalue weighted by Crippen LogP contribution is 2.12. The van der Waals surface area contributed by atoms with Crippen LogP contribution >= 0.6 is 0 Å². The molecule has 0 aromatic heterocycles. The number of hydrogen-bond acceptors (Lipinski definition) is 4. The molecule has 1 aromatic carbocycles. The zero-order valence-electron chi connectivity index (χ0n) is 10.1. The molecule has 18 heavy (non-hydrogen) atoms. The molecule has 0 fully saturated rings. The highest BCUT2D eigenvalue weighted by Gasteiger charge is 2.10. The summed E-state index contributed by atoms with van der Waals surface area (Å²) < 4.78 is 0. The fraction of sp³-hybridized carbons (Fsp3) is 0.417. The Morgan fingerprint density at radius 1 is 1.33 bits per heavy atom. The zero-order valence-corrected chi connectivity index (χ0v) is 10.1. The highest BCUT2D eigenvalue weighted by atomic mass is 16.6. The van der Waals surface area contributed by atoms with Crippen molar-refractivity contribution in [3.05, 3.63) is 39.9 Å². The summed E-state index contributed by atoms with van der Waals surface area (Å²) in [7, 11) is 0. The first-order valence-electron chi connectivity index (χ1n) is 5.88. The zero-order chi connectivity index (χ0) is 13.4. The standard InChI is InChI=1S/C12H17N3O3/c13-7-2-1-3-8-14-12(16)10-5-4-6-11(9-10)15(17)18/h4-6,9H,1-3,7-8,13H2,(H,14,16). The van der Waals surface area contributed by atoms with Gasteiger partial charge in [0.2, 0.25) is 0 Å². The van der Waals surface area contributed by atoms with E-state index in [-0.39, 0.29) is 11.6 Å². The van der Waals surface area contributed by atoms with E-state index in [1.165, 1.54) is 18.2 Å². The Morgan fingerprint density at radius 3 is 2.78 bits per heavy atom. The second-order valence-corrected chi connectivity index (χ2v) is 3.91. The lowest BCUT2D eigenvalue weighted by atomic mass is 10.2. The van der Waals surface area contributed by atoms with E-state index >= 15 is 0 Å². The molecular formula is C12H17N3O3. The number of non-ortho nitro benzene ring substituents is 1. The third-order valence-electron chi connectivity index (χ3n) is 2.49. The average Bonchev–Trinajstić information content (AvgIpc) is 2.38. The molecule has 0 aliphatic carbocycles. The number of carbonyl (C=O) groups excluding carboxylic acids is 1. The van der Waals surface area contributed by atoms with Crippen LogP contribution in [0, 0.1) is 10.1 Å². The third-order valence-corrected chi connectivity index (χ3v) is 2.49. The summed E-state index contributed by atoms with van der Waals surface area (Å²) in [5.74, 6) is -0.286. The van der Waals surface area contributed by atoms with Gasteiger partial charge in [0.05, 0.1) is 4.92 Å². The van der Waals surface area contributed by atoms with Gasteiger partial charge in [0.15, 0.2) is 0 Å². The van der Waals surface area contributed by atoms with Crippen LogP contribution in [0.4, 0.5) is 5.69 Å². The molecule has 0 spiro atoms. The van der Waals surface area contributed by atoms with Crippen molar-refractivity contribution in [2.45, 2.75) is 19.3 Å². The third kappa shape index (κ3) is 4.50. The van der Waals surface area contributed by atoms with Crippen molar-refractivity contribution in [1.82, 2.24) is 5.32 Å². The second kappa shape index (κ2) is 7.39. The summed E-state index contributed by atoms with van der Waals surface area (Å²) in [6.45, 7) is 1.21. The Labute approximate surface area is 105 Å². The Balaban J connectivity index is 2.46. The normalized spacial score (nSPS) is 10.1. The maximum atomic E-state index is 11.7. The summed E-state index contributed by atoms with van der Waals surface area (Å²) in [4.78, 5) is 21.7. The number of amides is 1. The van der Waals surface area contributed by atoms with Crippen molar-refractivity contribution in [1.29, 1.82) is 0 Å². The first kappa shape index (κ1) is 14.1. The molecule has 1 rings (SSSR count). The Bertz CT molecular complexity index is 421. The van der Waals surface area contributed by atoms with Gasteiger partial charge in [-0.2, -0.15) is 0 Å². The molecule has 1 aromatic rings. The topological polar surface area (TPSA) is 98.3 Å². The van der Waals surface area contributed by atoms with Gasteiger partial charge in [-0.25, -0.2) is 0 Å². The van der Waals surface area contributed by atoms with Gasteiger partial charge >= 0.3 is 0 Å². The molecule has 0 aliphatic rings. The van der Waals surface area contributed by atoms with Gasteiger partial charge in [0, 0.05) is 24.2 Å². The Kier molecular flexibility index (Phi) is 5.79. The molecule has 0 saturated heterocycles. The molecule has 0 bridgehead atoms. The highest BCUT2D eigenvalue weighted by molar-refractivity contribution is 5.94. The molecule has 0 unspecified atom stereocenters. The minimum Gasteiger partial charge on any atom is -0.352 e. The van der Waals surface area contributed by atoms with E-state index in [2.05, 4.69) is 5.32 Å². The first-order chi connectivity index (χ1) is 8.65. The first-order valence-corrected chi connectivity index (χ1v) is 5.88. The van der Waals surface area contributed by atoms with Crippen molar-refractivity contribution in [2.24, 2.45) is 5.73 Å². The molecule has 1 amide bonds. The smallest absolute Gasteiger partial charge is 0.270 e. The van der Waals surface area contributed by atoms with E-state index in [0.717, 1.165) is 19.3 Å². The molecule has 0 atom stereocenters. The van der Waals surface area contributed by atoms with Crippen LogP contribution in [0.3, 0.4) is 0 Å². The van der Waals surface area contributed by atoms with E-state index in [4.69, 9.17) is 5.73 Å². The number of nitro benzene ring substituents is 1. The molecule has 0 saturated carbocycles. The average molecular weight is 251 g/mol. The van der Waals surface area contributed by atoms with E-state index < -0.39 is 4.92 Å². The number of nitrogens with one attached hydrogen (secondary N) is 1. The number of hydrogen-bond donors (Lipinski definition) is 2. The van der Waals surface area contributed by atoms with E-state index in [9.17, 15) is 14.9 Å². The number of rotatable bonds is 7. The molecular weight excluding hydrogens is 234 g/mol. The van der Waals surface area contributed by atoms with Gasteiger partial charge in [0.25, 0.3) is 11.6 Å². The van der Waals surface area contributed by atoms with Gasteiger partial charge in [0.1, 0.15) is 0 Å². The number of unbranched alkanes of at least 4 members (excludes halogenated alkanes) is 2. The Hall–Kier alpha value is -1.95. The number of carbonyl (C=O) groups is 1. The number of nitrogens with zero attached hydrogens (tertiary/aromatic N) is 1. The molecule has 0 heterocycles. The van der Waals surface area contributed by atoms with Crippen LogP contribution < -0.4 is 11.1 Å². The molecule has 6 nitrogen and oxygen atoms in total. The number of nitro groups is 1. The maximum Gasteiger partial charge on any atom is 0.270 e. The molecule has 0 radical (unpaired) electrons. The van der Waals surface area contributed by atoms with Crippen LogP contribution in [-0.2, 0) is 0 Å². The predicted molar refractivity (Wildman–Crippen MR) is 68.3 cm³/mol. The van der Waals surface area contributed by atoms with Crippen molar-refractivity contribution < 1.29 is 9.72 Å². The minimum absolute atomic E-state index is 0.0780. The maximum absolute atomic E-state index is 11.7. The van der Waals surface area contributed by atoms with Crippen molar-refractivity contribution in [3.63, 3.8) is 0 Å². The monoisotopic (exact) mass is 251 g/mol. The summed E-state index contributed by atoms with van der Waals surface area (Å²) in [5, 5.41) is 13.3. The Morgan fingerprint density at radius 2 is 2.11 bits per heavy atom. The predicted octanol–water partition coefficient (Wildman–Crippen LogP) is 1.45. The van der Waals surface area contributed by atoms with E-state index in [1.54, 1.807) is 6.07 Å². The molecule has 6 heteroatoms. The van der Waals surface area contributed by atoms with E-state index in [0.29, 0.717) is 18.7 Å². The van der Waals surface area contributed by atoms with E-state index in [1.807, 2.05) is 0 Å². The largest absolute Gasteiger partial charge is 0.352 e. The summed E-state index contributed by atoms with van der Waals surface area (Å²) in [6, 6.07) is 5.69. The number of benzene rings is 1. The second-order valence-electron chi connectivity index (χ2n) is 3.91. The van der Waals surface area contributed by atoms with Gasteiger partial charge in [-0.05, 0) is 25.5 Å². The van der Waals surface area contributed by atoms with Crippen LogP contribution in [0.2, 0.25) is 0 Å². The fourth-order valence-electron chi connectivity index (χ4n) is 1.51. The van der Waals surface area contributed by atoms with Crippen molar-refractivity contribution >= 4 is 11.6 Å². The SMILES string of the molecule is NCCCCCNC(=O)c1cccc([N+](=O)[O-])c1. The number of nitrogens with two attached hydrogens (primary N) is 1. The quantitative estimate of drug-likeness (QED) is 0.435. The molecule has 3 N–H and O–H groups in total. The summed E-state index contributed by atoms with van der Waals surface area (Å²) in [6.07, 6.45) is 2.76. The molecule has 0 aliphatic heterocycles. The lowest BCUT2D eigenvalue weighted by Crippen LogP contribution is -2.24. The van der Waals surface area contributed by atoms with Gasteiger partial charge < -0.3 is 11.1 Å². The minimum atomic E-state index is -0.516. The fourth-order valence-corrected chi connectivity index (χ4v) is 1.51. The van der Waals surface area contributed by atoms with Gasteiger partial charge in [-0.15, -0.1) is 0 Å². The van der Waals surface area contributed by atoms with Crippen molar-refractivity contribution in [3.8, 4) is 0 Å². The van der Waals surface area contributed by atoms with Crippen LogP contribution in [-0.4, -0.2) is 23.9 Å². The van der Waals surface area contributed by atoms with Crippen LogP contribution in [0.25, 0.3) is 0 Å². The van der Waals surface area contributed by atoms with Gasteiger partial charge in [-0.1, -0.05) is 12.5 Å². The summed E-state index contributed by atoms with van der Waals surface area (Å²) >= 11 is 0. The summed E-state index contributed by atoms with van der Waals surface area (Å²) in [5.41, 5.74) is 5.59. The van der Waals surface area contributed by atoms with Crippen LogP contribution in [0.5, 0.6) is 0 Å². The van der Waals surface area contributed by atoms with Crippen LogP contribution in [0.1, 0.15) is 29.6 Å². The molecule has 98 valence electrons. The lowest BCUT2D eigenvalue weighted by molar-refractivity contribution is -0.384.